The molecule has 0 radical (unpaired) electrons. The van der Waals surface area contributed by atoms with E-state index < -0.39 is 0 Å². The minimum Gasteiger partial charge on any atom is -0.398 e. The van der Waals surface area contributed by atoms with E-state index >= 15 is 0 Å². The average molecular weight is 315 g/mol. The Balaban J connectivity index is 2.05. The van der Waals surface area contributed by atoms with Gasteiger partial charge in [0.05, 0.1) is 0 Å². The van der Waals surface area contributed by atoms with Gasteiger partial charge in [-0.15, -0.1) is 0 Å². The zero-order valence-corrected chi connectivity index (χ0v) is 14.7. The van der Waals surface area contributed by atoms with Crippen molar-refractivity contribution in [1.29, 1.82) is 0 Å². The SMILES string of the molecule is Cc1cc([C@H](C)c2ccccc2)c(N)c([C@H](C)c2ccccc2)c1. The molecule has 2 N–H and O–H groups in total. The van der Waals surface area contributed by atoms with Crippen LogP contribution in [0.3, 0.4) is 0 Å². The van der Waals surface area contributed by atoms with Crippen LogP contribution >= 0.6 is 0 Å². The number of nitrogens with two attached hydrogens (primary N) is 1. The summed E-state index contributed by atoms with van der Waals surface area (Å²) in [5.41, 5.74) is 13.9. The van der Waals surface area contributed by atoms with Gasteiger partial charge in [-0.1, -0.05) is 92.2 Å². The zero-order chi connectivity index (χ0) is 17.1. The standard InChI is InChI=1S/C23H25N/c1-16-14-21(17(2)19-10-6-4-7-11-19)23(24)22(15-16)18(3)20-12-8-5-9-13-20/h4-15,17-18H,24H2,1-3H3/t17-,18-/m1/s1. The number of hydrogen-bond acceptors (Lipinski definition) is 1. The lowest BCUT2D eigenvalue weighted by Gasteiger charge is -2.22. The van der Waals surface area contributed by atoms with Crippen molar-refractivity contribution in [3.63, 3.8) is 0 Å². The number of anilines is 1. The van der Waals surface area contributed by atoms with Crippen molar-refractivity contribution in [3.05, 3.63) is 101 Å². The second-order valence-corrected chi connectivity index (χ2v) is 6.62. The molecular formula is C23H25N. The van der Waals surface area contributed by atoms with Crippen LogP contribution in [-0.4, -0.2) is 0 Å². The van der Waals surface area contributed by atoms with Crippen LogP contribution in [0.15, 0.2) is 72.8 Å². The van der Waals surface area contributed by atoms with Gasteiger partial charge in [0.1, 0.15) is 0 Å². The van der Waals surface area contributed by atoms with Gasteiger partial charge < -0.3 is 5.73 Å². The van der Waals surface area contributed by atoms with Crippen LogP contribution in [0.2, 0.25) is 0 Å². The van der Waals surface area contributed by atoms with Crippen LogP contribution in [0.1, 0.15) is 53.5 Å². The lowest BCUT2D eigenvalue weighted by Crippen LogP contribution is -2.08. The second kappa shape index (κ2) is 6.92. The number of rotatable bonds is 4. The third kappa shape index (κ3) is 3.21. The topological polar surface area (TPSA) is 26.0 Å². The summed E-state index contributed by atoms with van der Waals surface area (Å²) in [6.45, 7) is 6.62. The highest BCUT2D eigenvalue weighted by molar-refractivity contribution is 5.61. The van der Waals surface area contributed by atoms with E-state index in [9.17, 15) is 0 Å². The lowest BCUT2D eigenvalue weighted by atomic mass is 9.84. The summed E-state index contributed by atoms with van der Waals surface area (Å²) >= 11 is 0. The van der Waals surface area contributed by atoms with Crippen molar-refractivity contribution < 1.29 is 0 Å². The highest BCUT2D eigenvalue weighted by Crippen LogP contribution is 2.36. The van der Waals surface area contributed by atoms with Gasteiger partial charge in [-0.2, -0.15) is 0 Å². The van der Waals surface area contributed by atoms with Crippen molar-refractivity contribution in [2.75, 3.05) is 5.73 Å². The molecule has 0 heterocycles. The summed E-state index contributed by atoms with van der Waals surface area (Å²) in [4.78, 5) is 0. The fourth-order valence-electron chi connectivity index (χ4n) is 3.41. The second-order valence-electron chi connectivity index (χ2n) is 6.62. The van der Waals surface area contributed by atoms with E-state index in [1.807, 2.05) is 0 Å². The quantitative estimate of drug-likeness (QED) is 0.598. The Bertz CT molecular complexity index is 739. The predicted molar refractivity (Wildman–Crippen MR) is 104 cm³/mol. The summed E-state index contributed by atoms with van der Waals surface area (Å²) < 4.78 is 0. The molecule has 1 heteroatoms. The first-order chi connectivity index (χ1) is 11.6. The van der Waals surface area contributed by atoms with Crippen LogP contribution in [-0.2, 0) is 0 Å². The van der Waals surface area contributed by atoms with Gasteiger partial charge in [-0.3, -0.25) is 0 Å². The van der Waals surface area contributed by atoms with Crippen molar-refractivity contribution in [1.82, 2.24) is 0 Å². The fourth-order valence-corrected chi connectivity index (χ4v) is 3.41. The normalized spacial score (nSPS) is 13.5. The number of hydrogen-bond donors (Lipinski definition) is 1. The molecule has 0 spiro atoms. The molecule has 0 saturated carbocycles. The Labute approximate surface area is 145 Å². The monoisotopic (exact) mass is 315 g/mol. The van der Waals surface area contributed by atoms with Gasteiger partial charge in [0, 0.05) is 17.5 Å². The molecule has 122 valence electrons. The van der Waals surface area contributed by atoms with E-state index in [1.165, 1.54) is 27.8 Å². The predicted octanol–water partition coefficient (Wildman–Crippen LogP) is 5.88. The van der Waals surface area contributed by atoms with Gasteiger partial charge in [0.2, 0.25) is 0 Å². The summed E-state index contributed by atoms with van der Waals surface area (Å²) in [5.74, 6) is 0.570. The maximum absolute atomic E-state index is 6.63. The first kappa shape index (κ1) is 16.3. The van der Waals surface area contributed by atoms with E-state index in [2.05, 4.69) is 93.6 Å². The number of benzene rings is 3. The molecule has 0 aliphatic rings. The lowest BCUT2D eigenvalue weighted by molar-refractivity contribution is 0.889. The smallest absolute Gasteiger partial charge is 0.0391 e. The Hall–Kier alpha value is -2.54. The van der Waals surface area contributed by atoms with Crippen LogP contribution in [0, 0.1) is 6.92 Å². The Morgan fingerprint density at radius 3 is 1.42 bits per heavy atom. The Morgan fingerprint density at radius 1 is 0.667 bits per heavy atom. The summed E-state index contributed by atoms with van der Waals surface area (Å²) in [6.07, 6.45) is 0. The third-order valence-electron chi connectivity index (χ3n) is 4.92. The summed E-state index contributed by atoms with van der Waals surface area (Å²) in [7, 11) is 0. The third-order valence-corrected chi connectivity index (χ3v) is 4.92. The Morgan fingerprint density at radius 2 is 1.04 bits per heavy atom. The van der Waals surface area contributed by atoms with Crippen molar-refractivity contribution in [2.24, 2.45) is 0 Å². The number of aryl methyl sites for hydroxylation is 1. The van der Waals surface area contributed by atoms with Crippen LogP contribution in [0.5, 0.6) is 0 Å². The van der Waals surface area contributed by atoms with Crippen molar-refractivity contribution in [3.8, 4) is 0 Å². The first-order valence-corrected chi connectivity index (χ1v) is 8.57. The maximum Gasteiger partial charge on any atom is 0.0391 e. The van der Waals surface area contributed by atoms with Gasteiger partial charge in [0.15, 0.2) is 0 Å². The molecule has 0 bridgehead atoms. The first-order valence-electron chi connectivity index (χ1n) is 8.57. The van der Waals surface area contributed by atoms with Gasteiger partial charge in [0.25, 0.3) is 0 Å². The van der Waals surface area contributed by atoms with Crippen molar-refractivity contribution in [2.45, 2.75) is 32.6 Å². The molecule has 0 saturated heterocycles. The molecule has 0 aromatic heterocycles. The molecule has 0 aliphatic carbocycles. The highest BCUT2D eigenvalue weighted by Gasteiger charge is 2.18. The van der Waals surface area contributed by atoms with E-state index in [1.54, 1.807) is 0 Å². The maximum atomic E-state index is 6.63. The molecule has 3 rings (SSSR count). The molecule has 3 aromatic rings. The summed E-state index contributed by atoms with van der Waals surface area (Å²) in [5, 5.41) is 0. The minimum absolute atomic E-state index is 0.285. The van der Waals surface area contributed by atoms with Gasteiger partial charge >= 0.3 is 0 Å². The molecule has 2 atom stereocenters. The largest absolute Gasteiger partial charge is 0.398 e. The molecule has 0 unspecified atom stereocenters. The van der Waals surface area contributed by atoms with Crippen LogP contribution in [0.4, 0.5) is 5.69 Å². The Kier molecular flexibility index (Phi) is 4.71. The van der Waals surface area contributed by atoms with E-state index in [0.29, 0.717) is 0 Å². The zero-order valence-electron chi connectivity index (χ0n) is 14.7. The summed E-state index contributed by atoms with van der Waals surface area (Å²) in [6, 6.07) is 25.6. The van der Waals surface area contributed by atoms with Crippen LogP contribution < -0.4 is 5.73 Å². The molecule has 0 aliphatic heterocycles. The fraction of sp³-hybridized carbons (Fsp3) is 0.217. The van der Waals surface area contributed by atoms with Crippen molar-refractivity contribution >= 4 is 5.69 Å². The van der Waals surface area contributed by atoms with E-state index in [0.717, 1.165) is 5.69 Å². The number of nitrogen functional groups attached to an aromatic ring is 1. The molecule has 0 fully saturated rings. The highest BCUT2D eigenvalue weighted by atomic mass is 14.6. The van der Waals surface area contributed by atoms with E-state index in [4.69, 9.17) is 5.73 Å². The molecule has 0 amide bonds. The van der Waals surface area contributed by atoms with Gasteiger partial charge in [-0.25, -0.2) is 0 Å². The van der Waals surface area contributed by atoms with Gasteiger partial charge in [-0.05, 0) is 29.2 Å². The molecular weight excluding hydrogens is 290 g/mol. The van der Waals surface area contributed by atoms with E-state index in [-0.39, 0.29) is 11.8 Å². The average Bonchev–Trinajstić information content (AvgIpc) is 2.63. The molecule has 3 aromatic carbocycles. The molecule has 1 nitrogen and oxygen atoms in total. The molecule has 24 heavy (non-hydrogen) atoms. The van der Waals surface area contributed by atoms with Crippen LogP contribution in [0.25, 0.3) is 0 Å². The minimum atomic E-state index is 0.285.